The van der Waals surface area contributed by atoms with Crippen LogP contribution in [0.15, 0.2) is 5.38 Å². The number of carbonyl (C=O) groups excluding carboxylic acids is 1. The summed E-state index contributed by atoms with van der Waals surface area (Å²) in [6.07, 6.45) is 7.08. The van der Waals surface area contributed by atoms with Crippen LogP contribution >= 0.6 is 11.3 Å². The van der Waals surface area contributed by atoms with E-state index in [-0.39, 0.29) is 17.9 Å². The third kappa shape index (κ3) is 2.49. The summed E-state index contributed by atoms with van der Waals surface area (Å²) < 4.78 is 5.74. The molecule has 3 atom stereocenters. The predicted octanol–water partition coefficient (Wildman–Crippen LogP) is 2.25. The van der Waals surface area contributed by atoms with Crippen molar-refractivity contribution in [3.8, 4) is 0 Å². The Morgan fingerprint density at radius 2 is 2.30 bits per heavy atom. The Hall–Kier alpha value is -0.940. The number of hydrogen-bond acceptors (Lipinski definition) is 4. The predicted molar refractivity (Wildman–Crippen MR) is 76.8 cm³/mol. The lowest BCUT2D eigenvalue weighted by atomic mass is 9.88. The van der Waals surface area contributed by atoms with E-state index in [1.807, 2.05) is 0 Å². The van der Waals surface area contributed by atoms with Crippen LogP contribution in [0.1, 0.15) is 48.7 Å². The first-order valence-corrected chi connectivity index (χ1v) is 8.55. The zero-order chi connectivity index (χ0) is 13.5. The van der Waals surface area contributed by atoms with Crippen molar-refractivity contribution >= 4 is 17.2 Å². The minimum absolute atomic E-state index is 0.0899. The third-order valence-electron chi connectivity index (χ3n) is 4.65. The molecule has 0 radical (unpaired) electrons. The number of rotatable bonds is 5. The molecule has 4 rings (SSSR count). The Bertz CT molecular complexity index is 512. The van der Waals surface area contributed by atoms with Crippen LogP contribution in [0, 0.1) is 5.92 Å². The van der Waals surface area contributed by atoms with Gasteiger partial charge in [-0.15, -0.1) is 11.3 Å². The highest BCUT2D eigenvalue weighted by Crippen LogP contribution is 2.40. The van der Waals surface area contributed by atoms with Crippen molar-refractivity contribution in [2.45, 2.75) is 56.7 Å². The molecular formula is C15H20N2O2S. The molecule has 1 aliphatic carbocycles. The summed E-state index contributed by atoms with van der Waals surface area (Å²) in [6.45, 7) is 0.699. The van der Waals surface area contributed by atoms with Gasteiger partial charge in [0.25, 0.3) is 0 Å². The summed E-state index contributed by atoms with van der Waals surface area (Å²) in [5.41, 5.74) is 1.26. The fraction of sp³-hybridized carbons (Fsp3) is 0.733. The van der Waals surface area contributed by atoms with Gasteiger partial charge in [-0.25, -0.2) is 4.98 Å². The van der Waals surface area contributed by atoms with Crippen molar-refractivity contribution in [1.82, 2.24) is 10.3 Å². The molecule has 3 aliphatic rings. The highest BCUT2D eigenvalue weighted by molar-refractivity contribution is 7.09. The summed E-state index contributed by atoms with van der Waals surface area (Å²) >= 11 is 1.73. The molecule has 4 nitrogen and oxygen atoms in total. The van der Waals surface area contributed by atoms with Crippen LogP contribution in [0.3, 0.4) is 0 Å². The molecule has 1 amide bonds. The molecule has 2 aliphatic heterocycles. The highest BCUT2D eigenvalue weighted by atomic mass is 32.1. The number of ether oxygens (including phenoxy) is 1. The first-order valence-electron chi connectivity index (χ1n) is 7.67. The van der Waals surface area contributed by atoms with Gasteiger partial charge in [0.1, 0.15) is 0 Å². The lowest BCUT2D eigenvalue weighted by molar-refractivity contribution is -0.126. The largest absolute Gasteiger partial charge is 0.374 e. The maximum absolute atomic E-state index is 12.1. The molecule has 20 heavy (non-hydrogen) atoms. The van der Waals surface area contributed by atoms with Crippen LogP contribution in [0.4, 0.5) is 0 Å². The fourth-order valence-corrected chi connectivity index (χ4v) is 4.22. The Kier molecular flexibility index (Phi) is 3.27. The molecule has 1 saturated carbocycles. The molecule has 2 bridgehead atoms. The number of hydrogen-bond donors (Lipinski definition) is 1. The molecule has 2 saturated heterocycles. The first kappa shape index (κ1) is 12.8. The second-order valence-electron chi connectivity index (χ2n) is 6.20. The zero-order valence-electron chi connectivity index (χ0n) is 11.5. The van der Waals surface area contributed by atoms with Gasteiger partial charge < -0.3 is 10.1 Å². The number of aromatic nitrogens is 1. The van der Waals surface area contributed by atoms with Crippen molar-refractivity contribution in [3.05, 3.63) is 16.1 Å². The standard InChI is InChI=1S/C15H20N2O2S/c18-15(11-7-10-3-4-13(11)19-10)16-6-5-14-17-12(8-20-14)9-1-2-9/h8-11,13H,1-7H2,(H,16,18)/t10-,11-,13-/m1/s1. The molecule has 108 valence electrons. The molecule has 3 fully saturated rings. The molecule has 0 aromatic carbocycles. The van der Waals surface area contributed by atoms with E-state index in [0.29, 0.717) is 12.6 Å². The lowest BCUT2D eigenvalue weighted by Gasteiger charge is -2.17. The van der Waals surface area contributed by atoms with Crippen molar-refractivity contribution in [2.24, 2.45) is 5.92 Å². The van der Waals surface area contributed by atoms with E-state index in [2.05, 4.69) is 15.7 Å². The minimum atomic E-state index is 0.0899. The molecule has 1 N–H and O–H groups in total. The Balaban J connectivity index is 1.24. The number of fused-ring (bicyclic) bond motifs is 2. The van der Waals surface area contributed by atoms with Crippen LogP contribution in [0.25, 0.3) is 0 Å². The number of carbonyl (C=O) groups is 1. The summed E-state index contributed by atoms with van der Waals surface area (Å²) in [6, 6.07) is 0. The Labute approximate surface area is 122 Å². The van der Waals surface area contributed by atoms with Gasteiger partial charge in [-0.3, -0.25) is 4.79 Å². The van der Waals surface area contributed by atoms with Crippen LogP contribution in [-0.4, -0.2) is 29.6 Å². The van der Waals surface area contributed by atoms with Crippen LogP contribution in [0.2, 0.25) is 0 Å². The molecule has 5 heteroatoms. The van der Waals surface area contributed by atoms with Gasteiger partial charge in [0.05, 0.1) is 28.8 Å². The molecule has 1 aromatic rings. The van der Waals surface area contributed by atoms with E-state index >= 15 is 0 Å². The van der Waals surface area contributed by atoms with E-state index in [4.69, 9.17) is 4.74 Å². The summed E-state index contributed by atoms with van der Waals surface area (Å²) in [4.78, 5) is 16.8. The summed E-state index contributed by atoms with van der Waals surface area (Å²) in [5.74, 6) is 0.990. The average molecular weight is 292 g/mol. The maximum Gasteiger partial charge on any atom is 0.225 e. The Morgan fingerprint density at radius 1 is 1.40 bits per heavy atom. The second kappa shape index (κ2) is 5.11. The van der Waals surface area contributed by atoms with Gasteiger partial charge in [-0.05, 0) is 32.1 Å². The smallest absolute Gasteiger partial charge is 0.225 e. The molecule has 1 aromatic heterocycles. The summed E-state index contributed by atoms with van der Waals surface area (Å²) in [5, 5.41) is 6.39. The van der Waals surface area contributed by atoms with E-state index in [9.17, 15) is 4.79 Å². The van der Waals surface area contributed by atoms with Crippen molar-refractivity contribution in [1.29, 1.82) is 0 Å². The maximum atomic E-state index is 12.1. The van der Waals surface area contributed by atoms with Crippen molar-refractivity contribution in [3.63, 3.8) is 0 Å². The molecular weight excluding hydrogens is 272 g/mol. The molecule has 0 spiro atoms. The monoisotopic (exact) mass is 292 g/mol. The van der Waals surface area contributed by atoms with E-state index in [0.717, 1.165) is 36.6 Å². The average Bonchev–Trinajstić information content (AvgIpc) is 2.90. The quantitative estimate of drug-likeness (QED) is 0.905. The van der Waals surface area contributed by atoms with Gasteiger partial charge in [0.2, 0.25) is 5.91 Å². The van der Waals surface area contributed by atoms with Gasteiger partial charge in [0.15, 0.2) is 0 Å². The van der Waals surface area contributed by atoms with Crippen molar-refractivity contribution < 1.29 is 9.53 Å². The van der Waals surface area contributed by atoms with Gasteiger partial charge in [0, 0.05) is 24.3 Å². The van der Waals surface area contributed by atoms with E-state index in [1.165, 1.54) is 18.5 Å². The highest BCUT2D eigenvalue weighted by Gasteiger charge is 2.44. The number of amides is 1. The second-order valence-corrected chi connectivity index (χ2v) is 7.14. The van der Waals surface area contributed by atoms with Crippen LogP contribution in [-0.2, 0) is 16.0 Å². The molecule has 0 unspecified atom stereocenters. The SMILES string of the molecule is O=C(NCCc1nc(C2CC2)cs1)[C@@H]1C[C@H]2CC[C@H]1O2. The van der Waals surface area contributed by atoms with Gasteiger partial charge >= 0.3 is 0 Å². The van der Waals surface area contributed by atoms with Gasteiger partial charge in [-0.1, -0.05) is 0 Å². The fourth-order valence-electron chi connectivity index (χ4n) is 3.34. The van der Waals surface area contributed by atoms with Gasteiger partial charge in [-0.2, -0.15) is 0 Å². The number of nitrogens with zero attached hydrogens (tertiary/aromatic N) is 1. The zero-order valence-corrected chi connectivity index (χ0v) is 12.3. The van der Waals surface area contributed by atoms with E-state index in [1.54, 1.807) is 11.3 Å². The summed E-state index contributed by atoms with van der Waals surface area (Å²) in [7, 11) is 0. The Morgan fingerprint density at radius 3 is 3.00 bits per heavy atom. The third-order valence-corrected chi connectivity index (χ3v) is 5.57. The van der Waals surface area contributed by atoms with Crippen LogP contribution < -0.4 is 5.32 Å². The normalized spacial score (nSPS) is 31.7. The van der Waals surface area contributed by atoms with E-state index < -0.39 is 0 Å². The van der Waals surface area contributed by atoms with Crippen LogP contribution in [0.5, 0.6) is 0 Å². The first-order chi connectivity index (χ1) is 9.79. The lowest BCUT2D eigenvalue weighted by Crippen LogP contribution is -2.37. The van der Waals surface area contributed by atoms with Crippen molar-refractivity contribution in [2.75, 3.05) is 6.54 Å². The number of nitrogens with one attached hydrogen (secondary N) is 1. The molecule has 3 heterocycles. The number of thiazole rings is 1. The minimum Gasteiger partial charge on any atom is -0.374 e. The topological polar surface area (TPSA) is 51.2 Å².